The van der Waals surface area contributed by atoms with Gasteiger partial charge in [-0.1, -0.05) is 49.6 Å². The summed E-state index contributed by atoms with van der Waals surface area (Å²) in [6.07, 6.45) is 9.14. The number of thioether (sulfide) groups is 1. The summed E-state index contributed by atoms with van der Waals surface area (Å²) < 4.78 is 4.88. The summed E-state index contributed by atoms with van der Waals surface area (Å²) >= 11 is 1.65. The Hall–Kier alpha value is -2.54. The lowest BCUT2D eigenvalue weighted by atomic mass is 9.95. The molecule has 2 fully saturated rings. The fraction of sp³-hybridized carbons (Fsp3) is 0.536. The molecule has 1 saturated heterocycles. The Morgan fingerprint density at radius 3 is 2.63 bits per heavy atom. The minimum atomic E-state index is -0.156. The Kier molecular flexibility index (Phi) is 9.46. The van der Waals surface area contributed by atoms with Crippen molar-refractivity contribution in [3.63, 3.8) is 0 Å². The average Bonchev–Trinajstić information content (AvgIpc) is 2.90. The fourth-order valence-electron chi connectivity index (χ4n) is 5.07. The van der Waals surface area contributed by atoms with E-state index >= 15 is 0 Å². The quantitative estimate of drug-likeness (QED) is 0.378. The van der Waals surface area contributed by atoms with Crippen LogP contribution >= 0.6 is 11.8 Å². The van der Waals surface area contributed by atoms with Gasteiger partial charge in [0.1, 0.15) is 10.8 Å². The summed E-state index contributed by atoms with van der Waals surface area (Å²) in [5.41, 5.74) is 1.95. The van der Waals surface area contributed by atoms with E-state index < -0.39 is 0 Å². The number of aryl methyl sites for hydroxylation is 1. The number of amides is 1. The molecule has 1 unspecified atom stereocenters. The average molecular weight is 496 g/mol. The third-order valence-electron chi connectivity index (χ3n) is 7.03. The smallest absolute Gasteiger partial charge is 0.305 e. The molecule has 1 aliphatic heterocycles. The summed E-state index contributed by atoms with van der Waals surface area (Å²) in [5.74, 6) is 1.84. The molecule has 2 aromatic rings. The standard InChI is InChI=1S/C28H37N3O3S/c1-34-26(32)19-22-11-8-17-31(20-22)25-15-14-24(27(33)29-23-12-6-3-7-13-23)28(30-25)35-18-16-21-9-4-2-5-10-21/h2,4-5,9-10,14-15,22-23H,3,6-8,11-13,16-20H2,1H3,(H,29,33). The second-order valence-electron chi connectivity index (χ2n) is 9.65. The molecule has 2 aliphatic rings. The zero-order chi connectivity index (χ0) is 24.5. The van der Waals surface area contributed by atoms with Gasteiger partial charge < -0.3 is 15.0 Å². The number of nitrogens with one attached hydrogen (secondary N) is 1. The van der Waals surface area contributed by atoms with Gasteiger partial charge in [0.15, 0.2) is 0 Å². The molecule has 188 valence electrons. The molecular weight excluding hydrogens is 458 g/mol. The molecule has 1 atom stereocenters. The zero-order valence-electron chi connectivity index (χ0n) is 20.7. The van der Waals surface area contributed by atoms with Crippen LogP contribution in [0, 0.1) is 5.92 Å². The largest absolute Gasteiger partial charge is 0.469 e. The lowest BCUT2D eigenvalue weighted by Gasteiger charge is -2.33. The van der Waals surface area contributed by atoms with Crippen LogP contribution < -0.4 is 10.2 Å². The third kappa shape index (κ3) is 7.47. The van der Waals surface area contributed by atoms with Crippen LogP contribution in [0.15, 0.2) is 47.5 Å². The maximum Gasteiger partial charge on any atom is 0.305 e. The van der Waals surface area contributed by atoms with Crippen molar-refractivity contribution in [3.8, 4) is 0 Å². The van der Waals surface area contributed by atoms with Gasteiger partial charge in [-0.2, -0.15) is 0 Å². The van der Waals surface area contributed by atoms with Gasteiger partial charge in [-0.15, -0.1) is 11.8 Å². The van der Waals surface area contributed by atoms with Crippen molar-refractivity contribution in [1.29, 1.82) is 0 Å². The van der Waals surface area contributed by atoms with E-state index in [4.69, 9.17) is 9.72 Å². The Morgan fingerprint density at radius 1 is 1.06 bits per heavy atom. The number of hydrogen-bond donors (Lipinski definition) is 1. The number of benzene rings is 1. The number of pyridine rings is 1. The minimum absolute atomic E-state index is 0.0135. The van der Waals surface area contributed by atoms with Gasteiger partial charge in [0.25, 0.3) is 5.91 Å². The van der Waals surface area contributed by atoms with Crippen molar-refractivity contribution in [2.75, 3.05) is 30.9 Å². The number of carbonyl (C=O) groups is 2. The predicted octanol–water partition coefficient (Wildman–Crippen LogP) is 5.26. The number of rotatable bonds is 9. The van der Waals surface area contributed by atoms with Gasteiger partial charge in [-0.05, 0) is 55.7 Å². The lowest BCUT2D eigenvalue weighted by molar-refractivity contribution is -0.141. The number of aromatic nitrogens is 1. The molecule has 1 aromatic carbocycles. The van der Waals surface area contributed by atoms with Crippen molar-refractivity contribution in [2.24, 2.45) is 5.92 Å². The van der Waals surface area contributed by atoms with Gasteiger partial charge in [0.2, 0.25) is 0 Å². The first-order valence-electron chi connectivity index (χ1n) is 12.9. The van der Waals surface area contributed by atoms with Crippen molar-refractivity contribution in [3.05, 3.63) is 53.6 Å². The summed E-state index contributed by atoms with van der Waals surface area (Å²) in [6, 6.07) is 14.6. The van der Waals surface area contributed by atoms with E-state index in [2.05, 4.69) is 34.5 Å². The first kappa shape index (κ1) is 25.5. The Morgan fingerprint density at radius 2 is 1.86 bits per heavy atom. The van der Waals surface area contributed by atoms with Gasteiger partial charge in [0.05, 0.1) is 12.7 Å². The Bertz CT molecular complexity index is 979. The third-order valence-corrected chi connectivity index (χ3v) is 8.02. The van der Waals surface area contributed by atoms with Gasteiger partial charge >= 0.3 is 5.97 Å². The SMILES string of the molecule is COC(=O)CC1CCCN(c2ccc(C(=O)NC3CCCCC3)c(SCCc3ccccc3)n2)C1. The van der Waals surface area contributed by atoms with E-state index in [1.54, 1.807) is 11.8 Å². The molecule has 6 nitrogen and oxygen atoms in total. The number of ether oxygens (including phenoxy) is 1. The maximum atomic E-state index is 13.2. The molecule has 7 heteroatoms. The highest BCUT2D eigenvalue weighted by Gasteiger charge is 2.25. The summed E-state index contributed by atoms with van der Waals surface area (Å²) in [6.45, 7) is 1.69. The van der Waals surface area contributed by atoms with Crippen LogP contribution in [-0.2, 0) is 16.0 Å². The number of methoxy groups -OCH3 is 1. The number of nitrogens with zero attached hydrogens (tertiary/aromatic N) is 2. The van der Waals surface area contributed by atoms with Crippen LogP contribution in [0.25, 0.3) is 0 Å². The highest BCUT2D eigenvalue weighted by atomic mass is 32.2. The summed E-state index contributed by atoms with van der Waals surface area (Å²) in [4.78, 5) is 32.3. The van der Waals surface area contributed by atoms with Crippen molar-refractivity contribution < 1.29 is 14.3 Å². The van der Waals surface area contributed by atoms with E-state index in [0.717, 1.165) is 61.8 Å². The van der Waals surface area contributed by atoms with Crippen LogP contribution in [0.5, 0.6) is 0 Å². The number of esters is 1. The fourth-order valence-corrected chi connectivity index (χ4v) is 6.07. The first-order valence-corrected chi connectivity index (χ1v) is 13.9. The van der Waals surface area contributed by atoms with Crippen LogP contribution in [-0.4, -0.2) is 48.9 Å². The molecule has 1 amide bonds. The Labute approximate surface area is 213 Å². The Balaban J connectivity index is 1.49. The highest BCUT2D eigenvalue weighted by Crippen LogP contribution is 2.29. The van der Waals surface area contributed by atoms with Crippen molar-refractivity contribution in [2.45, 2.75) is 68.9 Å². The second kappa shape index (κ2) is 13.0. The molecule has 4 rings (SSSR count). The predicted molar refractivity (Wildman–Crippen MR) is 141 cm³/mol. The second-order valence-corrected chi connectivity index (χ2v) is 10.7. The molecule has 0 bridgehead atoms. The van der Waals surface area contributed by atoms with Gasteiger partial charge in [-0.25, -0.2) is 4.98 Å². The summed E-state index contributed by atoms with van der Waals surface area (Å²) in [7, 11) is 1.44. The zero-order valence-corrected chi connectivity index (χ0v) is 21.5. The van der Waals surface area contributed by atoms with E-state index in [1.807, 2.05) is 18.2 Å². The number of anilines is 1. The molecule has 0 spiro atoms. The molecule has 1 aromatic heterocycles. The molecule has 0 radical (unpaired) electrons. The van der Waals surface area contributed by atoms with E-state index in [-0.39, 0.29) is 23.8 Å². The van der Waals surface area contributed by atoms with Crippen molar-refractivity contribution in [1.82, 2.24) is 10.3 Å². The van der Waals surface area contributed by atoms with E-state index in [0.29, 0.717) is 12.0 Å². The molecule has 35 heavy (non-hydrogen) atoms. The lowest BCUT2D eigenvalue weighted by Crippen LogP contribution is -2.38. The van der Waals surface area contributed by atoms with Crippen LogP contribution in [0.4, 0.5) is 5.82 Å². The minimum Gasteiger partial charge on any atom is -0.469 e. The number of hydrogen-bond acceptors (Lipinski definition) is 6. The molecule has 1 aliphatic carbocycles. The molecular formula is C28H37N3O3S. The number of piperidine rings is 1. The van der Waals surface area contributed by atoms with Gasteiger partial charge in [-0.3, -0.25) is 9.59 Å². The number of carbonyl (C=O) groups excluding carboxylic acids is 2. The van der Waals surface area contributed by atoms with E-state index in [1.165, 1.54) is 31.9 Å². The van der Waals surface area contributed by atoms with Gasteiger partial charge in [0, 0.05) is 31.3 Å². The molecule has 1 saturated carbocycles. The normalized spacial score (nSPS) is 18.8. The molecule has 2 heterocycles. The molecule has 1 N–H and O–H groups in total. The van der Waals surface area contributed by atoms with E-state index in [9.17, 15) is 9.59 Å². The van der Waals surface area contributed by atoms with Crippen LogP contribution in [0.2, 0.25) is 0 Å². The van der Waals surface area contributed by atoms with Crippen molar-refractivity contribution >= 4 is 29.5 Å². The van der Waals surface area contributed by atoms with Crippen LogP contribution in [0.1, 0.15) is 67.3 Å². The summed E-state index contributed by atoms with van der Waals surface area (Å²) in [5, 5.41) is 4.05. The topological polar surface area (TPSA) is 71.5 Å². The highest BCUT2D eigenvalue weighted by molar-refractivity contribution is 7.99. The maximum absolute atomic E-state index is 13.2. The monoisotopic (exact) mass is 495 g/mol. The first-order chi connectivity index (χ1) is 17.1. The van der Waals surface area contributed by atoms with Crippen LogP contribution in [0.3, 0.4) is 0 Å².